The highest BCUT2D eigenvalue weighted by Crippen LogP contribution is 2.23. The summed E-state index contributed by atoms with van der Waals surface area (Å²) in [5.74, 6) is -0.330. The topological polar surface area (TPSA) is 56.1 Å². The number of halogens is 1. The van der Waals surface area contributed by atoms with Crippen LogP contribution in [0.2, 0.25) is 0 Å². The Kier molecular flexibility index (Phi) is 4.91. The number of hydrogen-bond acceptors (Lipinski definition) is 4. The summed E-state index contributed by atoms with van der Waals surface area (Å²) in [7, 11) is 0. The van der Waals surface area contributed by atoms with E-state index in [4.69, 9.17) is 4.74 Å². The Morgan fingerprint density at radius 2 is 2.30 bits per heavy atom. The number of rotatable bonds is 5. The van der Waals surface area contributed by atoms with E-state index in [1.54, 1.807) is 6.92 Å². The van der Waals surface area contributed by atoms with Crippen molar-refractivity contribution in [1.82, 2.24) is 15.1 Å². The summed E-state index contributed by atoms with van der Waals surface area (Å²) in [6.45, 7) is 3.91. The van der Waals surface area contributed by atoms with Crippen LogP contribution < -0.4 is 5.32 Å². The zero-order valence-electron chi connectivity index (χ0n) is 13.3. The molecule has 1 saturated heterocycles. The van der Waals surface area contributed by atoms with Crippen LogP contribution in [0.3, 0.4) is 0 Å². The number of alkyl halides is 1. The van der Waals surface area contributed by atoms with Crippen LogP contribution in [-0.2, 0) is 22.5 Å². The largest absolute Gasteiger partial charge is 0.466 e. The van der Waals surface area contributed by atoms with E-state index in [2.05, 4.69) is 10.4 Å². The molecular formula is C17H22FN3O2. The second-order valence-electron chi connectivity index (χ2n) is 5.90. The first-order valence-corrected chi connectivity index (χ1v) is 8.14. The Morgan fingerprint density at radius 1 is 1.48 bits per heavy atom. The molecule has 2 atom stereocenters. The summed E-state index contributed by atoms with van der Waals surface area (Å²) < 4.78 is 20.9. The molecule has 3 rings (SSSR count). The average Bonchev–Trinajstić information content (AvgIpc) is 2.88. The fraction of sp³-hybridized carbons (Fsp3) is 0.529. The van der Waals surface area contributed by atoms with Gasteiger partial charge in [-0.3, -0.25) is 9.48 Å². The summed E-state index contributed by atoms with van der Waals surface area (Å²) in [6, 6.07) is 7.77. The van der Waals surface area contributed by atoms with Gasteiger partial charge in [-0.2, -0.15) is 5.10 Å². The molecule has 0 radical (unpaired) electrons. The Bertz CT molecular complexity index is 686. The molecule has 2 aromatic rings. The van der Waals surface area contributed by atoms with Gasteiger partial charge in [-0.1, -0.05) is 18.2 Å². The Morgan fingerprint density at radius 3 is 3.09 bits per heavy atom. The molecule has 1 aromatic carbocycles. The summed E-state index contributed by atoms with van der Waals surface area (Å²) in [4.78, 5) is 11.8. The molecule has 0 bridgehead atoms. The van der Waals surface area contributed by atoms with E-state index >= 15 is 0 Å². The molecule has 5 nitrogen and oxygen atoms in total. The maximum Gasteiger partial charge on any atom is 0.311 e. The van der Waals surface area contributed by atoms with Crippen LogP contribution in [0.4, 0.5) is 4.39 Å². The first-order valence-electron chi connectivity index (χ1n) is 8.14. The molecule has 1 aliphatic rings. The number of piperidine rings is 1. The molecule has 0 spiro atoms. The van der Waals surface area contributed by atoms with Crippen LogP contribution in [-0.4, -0.2) is 41.6 Å². The zero-order chi connectivity index (χ0) is 16.2. The standard InChI is InChI=1S/C17H22FN3O2/c1-2-23-17(22)9-15-13-5-3-4-6-16(13)21(20-15)11-12-7-8-19-10-14(12)18/h3-6,12,14,19H,2,7-11H2,1H3/t12-,14-/m0/s1. The van der Waals surface area contributed by atoms with Crippen LogP contribution in [0, 0.1) is 5.92 Å². The lowest BCUT2D eigenvalue weighted by molar-refractivity contribution is -0.142. The lowest BCUT2D eigenvalue weighted by Crippen LogP contribution is -2.39. The van der Waals surface area contributed by atoms with Gasteiger partial charge >= 0.3 is 5.97 Å². The highest BCUT2D eigenvalue weighted by Gasteiger charge is 2.26. The van der Waals surface area contributed by atoms with Gasteiger partial charge in [-0.15, -0.1) is 0 Å². The summed E-state index contributed by atoms with van der Waals surface area (Å²) in [6.07, 6.45) is 0.0788. The number of ether oxygens (including phenoxy) is 1. The molecule has 0 unspecified atom stereocenters. The van der Waals surface area contributed by atoms with E-state index in [-0.39, 0.29) is 18.3 Å². The van der Waals surface area contributed by atoms with Gasteiger partial charge in [0, 0.05) is 24.4 Å². The van der Waals surface area contributed by atoms with E-state index in [0.717, 1.165) is 23.9 Å². The number of nitrogens with zero attached hydrogens (tertiary/aromatic N) is 2. The van der Waals surface area contributed by atoms with Crippen LogP contribution in [0.5, 0.6) is 0 Å². The minimum absolute atomic E-state index is 0.0463. The van der Waals surface area contributed by atoms with Crippen molar-refractivity contribution in [2.45, 2.75) is 32.5 Å². The Hall–Kier alpha value is -1.95. The van der Waals surface area contributed by atoms with Gasteiger partial charge in [-0.25, -0.2) is 4.39 Å². The third-order valence-corrected chi connectivity index (χ3v) is 4.30. The van der Waals surface area contributed by atoms with E-state index in [1.165, 1.54) is 0 Å². The molecule has 6 heteroatoms. The lowest BCUT2D eigenvalue weighted by Gasteiger charge is -2.26. The third-order valence-electron chi connectivity index (χ3n) is 4.30. The monoisotopic (exact) mass is 319 g/mol. The molecule has 1 aliphatic heterocycles. The van der Waals surface area contributed by atoms with E-state index in [9.17, 15) is 9.18 Å². The van der Waals surface area contributed by atoms with Crippen molar-refractivity contribution in [3.05, 3.63) is 30.0 Å². The summed E-state index contributed by atoms with van der Waals surface area (Å²) in [5.41, 5.74) is 1.64. The molecule has 23 heavy (non-hydrogen) atoms. The van der Waals surface area contributed by atoms with Gasteiger partial charge in [0.15, 0.2) is 0 Å². The second-order valence-corrected chi connectivity index (χ2v) is 5.90. The fourth-order valence-corrected chi connectivity index (χ4v) is 3.12. The minimum Gasteiger partial charge on any atom is -0.466 e. The number of hydrogen-bond donors (Lipinski definition) is 1. The normalized spacial score (nSPS) is 21.5. The molecule has 0 amide bonds. The first-order chi connectivity index (χ1) is 11.2. The third kappa shape index (κ3) is 3.52. The van der Waals surface area contributed by atoms with Crippen molar-refractivity contribution >= 4 is 16.9 Å². The lowest BCUT2D eigenvalue weighted by atomic mass is 9.96. The SMILES string of the molecule is CCOC(=O)Cc1nn(C[C@@H]2CCNC[C@@H]2F)c2ccccc12. The van der Waals surface area contributed by atoms with Gasteiger partial charge in [-0.05, 0) is 26.0 Å². The van der Waals surface area contributed by atoms with Crippen molar-refractivity contribution in [2.24, 2.45) is 5.92 Å². The maximum absolute atomic E-state index is 14.1. The highest BCUT2D eigenvalue weighted by molar-refractivity contribution is 5.86. The molecule has 0 saturated carbocycles. The number of aromatic nitrogens is 2. The van der Waals surface area contributed by atoms with Gasteiger partial charge in [0.05, 0.1) is 24.2 Å². The highest BCUT2D eigenvalue weighted by atomic mass is 19.1. The van der Waals surface area contributed by atoms with Gasteiger partial charge < -0.3 is 10.1 Å². The average molecular weight is 319 g/mol. The molecule has 1 aromatic heterocycles. The molecule has 1 fully saturated rings. The maximum atomic E-state index is 14.1. The van der Waals surface area contributed by atoms with E-state index < -0.39 is 6.17 Å². The summed E-state index contributed by atoms with van der Waals surface area (Å²) in [5, 5.41) is 8.57. The zero-order valence-corrected chi connectivity index (χ0v) is 13.3. The molecule has 1 N–H and O–H groups in total. The van der Waals surface area contributed by atoms with Gasteiger partial charge in [0.2, 0.25) is 0 Å². The smallest absolute Gasteiger partial charge is 0.311 e. The van der Waals surface area contributed by atoms with Crippen molar-refractivity contribution in [2.75, 3.05) is 19.7 Å². The quantitative estimate of drug-likeness (QED) is 0.858. The predicted octanol–water partition coefficient (Wildman–Crippen LogP) is 2.09. The number of benzene rings is 1. The number of fused-ring (bicyclic) bond motifs is 1. The number of carbonyl (C=O) groups excluding carboxylic acids is 1. The minimum atomic E-state index is -0.861. The second kappa shape index (κ2) is 7.08. The Labute approximate surface area is 134 Å². The molecule has 124 valence electrons. The van der Waals surface area contributed by atoms with Crippen LogP contribution in [0.15, 0.2) is 24.3 Å². The van der Waals surface area contributed by atoms with Gasteiger partial charge in [0.1, 0.15) is 6.17 Å². The van der Waals surface area contributed by atoms with Gasteiger partial charge in [0.25, 0.3) is 0 Å². The Balaban J connectivity index is 1.86. The van der Waals surface area contributed by atoms with Crippen molar-refractivity contribution < 1.29 is 13.9 Å². The molecule has 2 heterocycles. The van der Waals surface area contributed by atoms with Crippen molar-refractivity contribution in [1.29, 1.82) is 0 Å². The molecule has 0 aliphatic carbocycles. The molecular weight excluding hydrogens is 297 g/mol. The number of para-hydroxylation sites is 1. The van der Waals surface area contributed by atoms with Crippen LogP contribution in [0.1, 0.15) is 19.0 Å². The number of esters is 1. The van der Waals surface area contributed by atoms with E-state index in [1.807, 2.05) is 28.9 Å². The fourth-order valence-electron chi connectivity index (χ4n) is 3.12. The number of nitrogens with one attached hydrogen (secondary N) is 1. The van der Waals surface area contributed by atoms with E-state index in [0.29, 0.717) is 25.4 Å². The first kappa shape index (κ1) is 15.9. The predicted molar refractivity (Wildman–Crippen MR) is 85.9 cm³/mol. The summed E-state index contributed by atoms with van der Waals surface area (Å²) >= 11 is 0. The van der Waals surface area contributed by atoms with Crippen molar-refractivity contribution in [3.8, 4) is 0 Å². The van der Waals surface area contributed by atoms with Crippen LogP contribution in [0.25, 0.3) is 10.9 Å². The van der Waals surface area contributed by atoms with Crippen LogP contribution >= 0.6 is 0 Å². The van der Waals surface area contributed by atoms with Crippen molar-refractivity contribution in [3.63, 3.8) is 0 Å². The number of carbonyl (C=O) groups is 1.